The van der Waals surface area contributed by atoms with Crippen LogP contribution in [0.15, 0.2) is 54.6 Å². The van der Waals surface area contributed by atoms with E-state index >= 15 is 0 Å². The number of nitrogens with zero attached hydrogens (tertiary/aromatic N) is 3. The van der Waals surface area contributed by atoms with Gasteiger partial charge in [-0.1, -0.05) is 56.3 Å². The van der Waals surface area contributed by atoms with Crippen molar-refractivity contribution in [1.29, 1.82) is 0 Å². The standard InChI is InChI=1S/C26H35N3O4S/c1-21(2)18-29(34(32,33)20-23-6-4-3-5-7-23)19-22-8-10-24(11-9-22)27-14-16-28(17-15-27)25(30)26(31)12-13-26/h3-11,21,31H,12-20H2,1-2H3. The second-order valence-electron chi connectivity index (χ2n) is 9.91. The zero-order chi connectivity index (χ0) is 24.3. The Kier molecular flexibility index (Phi) is 7.31. The summed E-state index contributed by atoms with van der Waals surface area (Å²) in [7, 11) is -3.46. The molecule has 1 N–H and O–H groups in total. The summed E-state index contributed by atoms with van der Waals surface area (Å²) in [6.07, 6.45) is 1.14. The van der Waals surface area contributed by atoms with Crippen LogP contribution in [0, 0.1) is 5.92 Å². The molecule has 1 saturated heterocycles. The Hall–Kier alpha value is -2.42. The Morgan fingerprint density at radius 2 is 1.59 bits per heavy atom. The van der Waals surface area contributed by atoms with Gasteiger partial charge in [-0.2, -0.15) is 4.31 Å². The molecule has 2 fully saturated rings. The minimum Gasteiger partial charge on any atom is -0.380 e. The van der Waals surface area contributed by atoms with E-state index < -0.39 is 15.6 Å². The van der Waals surface area contributed by atoms with Crippen LogP contribution in [0.3, 0.4) is 0 Å². The fourth-order valence-corrected chi connectivity index (χ4v) is 6.04. The van der Waals surface area contributed by atoms with E-state index in [1.54, 1.807) is 9.21 Å². The van der Waals surface area contributed by atoms with Crippen LogP contribution < -0.4 is 4.90 Å². The monoisotopic (exact) mass is 485 g/mol. The van der Waals surface area contributed by atoms with Crippen LogP contribution in [0.25, 0.3) is 0 Å². The summed E-state index contributed by atoms with van der Waals surface area (Å²) >= 11 is 0. The average Bonchev–Trinajstić information content (AvgIpc) is 3.57. The Labute approximate surface area is 203 Å². The summed E-state index contributed by atoms with van der Waals surface area (Å²) in [5.41, 5.74) is 1.69. The van der Waals surface area contributed by atoms with E-state index in [4.69, 9.17) is 0 Å². The lowest BCUT2D eigenvalue weighted by Gasteiger charge is -2.37. The molecular formula is C26H35N3O4S. The van der Waals surface area contributed by atoms with Gasteiger partial charge < -0.3 is 14.9 Å². The van der Waals surface area contributed by atoms with Crippen molar-refractivity contribution in [1.82, 2.24) is 9.21 Å². The molecule has 34 heavy (non-hydrogen) atoms. The van der Waals surface area contributed by atoms with Crippen molar-refractivity contribution in [2.75, 3.05) is 37.6 Å². The lowest BCUT2D eigenvalue weighted by atomic mass is 10.1. The van der Waals surface area contributed by atoms with Crippen LogP contribution in [-0.4, -0.2) is 67.0 Å². The molecule has 0 bridgehead atoms. The number of benzene rings is 2. The molecule has 0 radical (unpaired) electrons. The Balaban J connectivity index is 1.38. The van der Waals surface area contributed by atoms with Gasteiger partial charge in [0.15, 0.2) is 0 Å². The van der Waals surface area contributed by atoms with Crippen LogP contribution in [-0.2, 0) is 27.1 Å². The Morgan fingerprint density at radius 3 is 2.15 bits per heavy atom. The number of piperazine rings is 1. The van der Waals surface area contributed by atoms with E-state index in [0.717, 1.165) is 16.8 Å². The van der Waals surface area contributed by atoms with E-state index in [9.17, 15) is 18.3 Å². The third kappa shape index (κ3) is 5.98. The highest BCUT2D eigenvalue weighted by Crippen LogP contribution is 2.37. The first-order valence-electron chi connectivity index (χ1n) is 12.0. The van der Waals surface area contributed by atoms with Crippen molar-refractivity contribution < 1.29 is 18.3 Å². The van der Waals surface area contributed by atoms with E-state index in [2.05, 4.69) is 4.90 Å². The van der Waals surface area contributed by atoms with E-state index in [-0.39, 0.29) is 17.6 Å². The van der Waals surface area contributed by atoms with Crippen LogP contribution in [0.5, 0.6) is 0 Å². The summed E-state index contributed by atoms with van der Waals surface area (Å²) in [5, 5.41) is 10.1. The highest BCUT2D eigenvalue weighted by atomic mass is 32.2. The highest BCUT2D eigenvalue weighted by Gasteiger charge is 2.50. The van der Waals surface area contributed by atoms with Crippen molar-refractivity contribution in [3.63, 3.8) is 0 Å². The van der Waals surface area contributed by atoms with E-state index in [1.807, 2.05) is 68.4 Å². The maximum Gasteiger partial charge on any atom is 0.254 e. The van der Waals surface area contributed by atoms with Gasteiger partial charge in [0.05, 0.1) is 5.75 Å². The van der Waals surface area contributed by atoms with Crippen LogP contribution in [0.1, 0.15) is 37.8 Å². The number of hydrogen-bond acceptors (Lipinski definition) is 5. The minimum atomic E-state index is -3.46. The van der Waals surface area contributed by atoms with Crippen LogP contribution in [0.2, 0.25) is 0 Å². The van der Waals surface area contributed by atoms with Gasteiger partial charge in [-0.15, -0.1) is 0 Å². The zero-order valence-corrected chi connectivity index (χ0v) is 20.9. The van der Waals surface area contributed by atoms with Gasteiger partial charge in [0.1, 0.15) is 5.60 Å². The molecule has 7 nitrogen and oxygen atoms in total. The smallest absolute Gasteiger partial charge is 0.254 e. The van der Waals surface area contributed by atoms with Gasteiger partial charge in [-0.3, -0.25) is 4.79 Å². The number of sulfonamides is 1. The number of carbonyl (C=O) groups is 1. The normalized spacial score (nSPS) is 17.9. The van der Waals surface area contributed by atoms with Crippen LogP contribution in [0.4, 0.5) is 5.69 Å². The lowest BCUT2D eigenvalue weighted by Crippen LogP contribution is -2.52. The number of amides is 1. The van der Waals surface area contributed by atoms with Crippen molar-refractivity contribution in [2.24, 2.45) is 5.92 Å². The lowest BCUT2D eigenvalue weighted by molar-refractivity contribution is -0.142. The van der Waals surface area contributed by atoms with Gasteiger partial charge in [-0.25, -0.2) is 8.42 Å². The molecule has 4 rings (SSSR count). The minimum absolute atomic E-state index is 0.00321. The van der Waals surface area contributed by atoms with Gasteiger partial charge in [0.25, 0.3) is 5.91 Å². The molecule has 2 aliphatic rings. The Morgan fingerprint density at radius 1 is 0.971 bits per heavy atom. The fraction of sp³-hybridized carbons (Fsp3) is 0.500. The topological polar surface area (TPSA) is 81.2 Å². The molecule has 0 aromatic heterocycles. The molecule has 0 spiro atoms. The first-order valence-corrected chi connectivity index (χ1v) is 13.6. The zero-order valence-electron chi connectivity index (χ0n) is 20.1. The number of hydrogen-bond donors (Lipinski definition) is 1. The first kappa shape index (κ1) is 24.7. The Bertz CT molecular complexity index is 1070. The van der Waals surface area contributed by atoms with Crippen molar-refractivity contribution in [3.05, 3.63) is 65.7 Å². The maximum atomic E-state index is 13.2. The molecule has 1 amide bonds. The molecule has 2 aromatic carbocycles. The maximum absolute atomic E-state index is 13.2. The van der Waals surface area contributed by atoms with Crippen molar-refractivity contribution in [2.45, 2.75) is 44.6 Å². The quantitative estimate of drug-likeness (QED) is 0.591. The number of aliphatic hydroxyl groups is 1. The van der Waals surface area contributed by atoms with Gasteiger partial charge >= 0.3 is 0 Å². The van der Waals surface area contributed by atoms with Crippen LogP contribution >= 0.6 is 0 Å². The predicted molar refractivity (Wildman–Crippen MR) is 134 cm³/mol. The molecule has 0 unspecified atom stereocenters. The highest BCUT2D eigenvalue weighted by molar-refractivity contribution is 7.88. The molecule has 1 heterocycles. The molecule has 1 saturated carbocycles. The predicted octanol–water partition coefficient (Wildman–Crippen LogP) is 2.85. The second kappa shape index (κ2) is 10.1. The van der Waals surface area contributed by atoms with Gasteiger partial charge in [-0.05, 0) is 42.0 Å². The van der Waals surface area contributed by atoms with Gasteiger partial charge in [0.2, 0.25) is 10.0 Å². The largest absolute Gasteiger partial charge is 0.380 e. The summed E-state index contributed by atoms with van der Waals surface area (Å²) < 4.78 is 28.0. The molecule has 184 valence electrons. The first-order chi connectivity index (χ1) is 16.2. The second-order valence-corrected chi connectivity index (χ2v) is 11.9. The number of carbonyl (C=O) groups excluding carboxylic acids is 1. The number of anilines is 1. The molecule has 1 aliphatic heterocycles. The molecule has 0 atom stereocenters. The molecular weight excluding hydrogens is 450 g/mol. The van der Waals surface area contributed by atoms with E-state index in [0.29, 0.717) is 52.1 Å². The molecule has 8 heteroatoms. The summed E-state index contributed by atoms with van der Waals surface area (Å²) in [6.45, 7) is 7.50. The number of rotatable bonds is 9. The van der Waals surface area contributed by atoms with Crippen molar-refractivity contribution >= 4 is 21.6 Å². The summed E-state index contributed by atoms with van der Waals surface area (Å²) in [5.74, 6) is 0.0820. The SMILES string of the molecule is CC(C)CN(Cc1ccc(N2CCN(C(=O)C3(O)CC3)CC2)cc1)S(=O)(=O)Cc1ccccc1. The summed E-state index contributed by atoms with van der Waals surface area (Å²) in [4.78, 5) is 16.3. The average molecular weight is 486 g/mol. The molecule has 2 aromatic rings. The van der Waals surface area contributed by atoms with Gasteiger partial charge in [0, 0.05) is 45.0 Å². The fourth-order valence-electron chi connectivity index (χ4n) is 4.37. The third-order valence-corrected chi connectivity index (χ3v) is 8.27. The van der Waals surface area contributed by atoms with E-state index in [1.165, 1.54) is 0 Å². The van der Waals surface area contributed by atoms with Crippen molar-refractivity contribution in [3.8, 4) is 0 Å². The molecule has 1 aliphatic carbocycles. The third-order valence-electron chi connectivity index (χ3n) is 6.50. The summed E-state index contributed by atoms with van der Waals surface area (Å²) in [6, 6.07) is 17.3.